The minimum Gasteiger partial charge on any atom is -0.480 e. The normalized spacial score (nSPS) is 12.0. The minimum atomic E-state index is -1.07. The molecule has 1 amide bonds. The van der Waals surface area contributed by atoms with Crippen LogP contribution in [0.1, 0.15) is 29.8 Å². The average Bonchev–Trinajstić information content (AvgIpc) is 2.53. The van der Waals surface area contributed by atoms with Crippen molar-refractivity contribution in [2.24, 2.45) is 5.73 Å². The Morgan fingerprint density at radius 1 is 1.23 bits per heavy atom. The summed E-state index contributed by atoms with van der Waals surface area (Å²) in [6.45, 7) is 0.496. The molecule has 0 unspecified atom stereocenters. The summed E-state index contributed by atoms with van der Waals surface area (Å²) in [5, 5.41) is 11.6. The molecule has 4 N–H and O–H groups in total. The molecule has 22 heavy (non-hydrogen) atoms. The summed E-state index contributed by atoms with van der Waals surface area (Å²) in [6, 6.07) is 6.21. The van der Waals surface area contributed by atoms with Crippen LogP contribution in [0.2, 0.25) is 0 Å². The largest absolute Gasteiger partial charge is 0.480 e. The van der Waals surface area contributed by atoms with E-state index in [1.807, 2.05) is 6.07 Å². The number of hydrogen-bond donors (Lipinski definition) is 3. The van der Waals surface area contributed by atoms with Crippen LogP contribution < -0.4 is 11.1 Å². The average molecular weight is 302 g/mol. The number of fused-ring (bicyclic) bond motifs is 1. The molecule has 0 saturated carbocycles. The van der Waals surface area contributed by atoms with E-state index in [1.54, 1.807) is 18.2 Å². The van der Waals surface area contributed by atoms with E-state index in [-0.39, 0.29) is 5.69 Å². The fourth-order valence-electron chi connectivity index (χ4n) is 2.05. The van der Waals surface area contributed by atoms with E-state index in [9.17, 15) is 9.59 Å². The Hall–Kier alpha value is -2.54. The third kappa shape index (κ3) is 3.98. The second-order valence-electron chi connectivity index (χ2n) is 4.89. The van der Waals surface area contributed by atoms with Crippen molar-refractivity contribution in [3.8, 4) is 0 Å². The number of carboxylic acid groups (broad SMARTS) is 1. The molecule has 0 aliphatic carbocycles. The third-order valence-electron chi connectivity index (χ3n) is 3.23. The number of nitrogens with zero attached hydrogens (tertiary/aromatic N) is 2. The Balaban J connectivity index is 2.09. The maximum Gasteiger partial charge on any atom is 0.326 e. The van der Waals surface area contributed by atoms with Gasteiger partial charge in [0.05, 0.1) is 17.2 Å². The van der Waals surface area contributed by atoms with Gasteiger partial charge in [0, 0.05) is 0 Å². The number of unbranched alkanes of at least 4 members (excludes halogenated alkanes) is 1. The topological polar surface area (TPSA) is 118 Å². The Kier molecular flexibility index (Phi) is 5.37. The van der Waals surface area contributed by atoms with Crippen LogP contribution in [0.5, 0.6) is 0 Å². The molecule has 0 spiro atoms. The van der Waals surface area contributed by atoms with Crippen LogP contribution in [-0.4, -0.2) is 39.5 Å². The number of carbonyl (C=O) groups excluding carboxylic acids is 1. The molecule has 0 aliphatic heterocycles. The van der Waals surface area contributed by atoms with Crippen LogP contribution in [0.3, 0.4) is 0 Å². The van der Waals surface area contributed by atoms with Gasteiger partial charge in [0.2, 0.25) is 0 Å². The monoisotopic (exact) mass is 302 g/mol. The molecular formula is C15H18N4O3. The molecule has 1 aromatic carbocycles. The molecule has 0 aliphatic rings. The quantitative estimate of drug-likeness (QED) is 0.655. The summed E-state index contributed by atoms with van der Waals surface area (Å²) < 4.78 is 0. The van der Waals surface area contributed by atoms with Gasteiger partial charge in [-0.05, 0) is 37.9 Å². The standard InChI is InChI=1S/C15H18N4O3/c16-8-4-3-7-12(15(21)22)19-14(20)13-9-17-10-5-1-2-6-11(10)18-13/h1-2,5-6,9,12H,3-4,7-8,16H2,(H,19,20)(H,21,22)/t12-/m0/s1. The highest BCUT2D eigenvalue weighted by molar-refractivity contribution is 5.96. The first-order chi connectivity index (χ1) is 10.6. The van der Waals surface area contributed by atoms with E-state index >= 15 is 0 Å². The Morgan fingerprint density at radius 3 is 2.64 bits per heavy atom. The van der Waals surface area contributed by atoms with Crippen LogP contribution in [0, 0.1) is 0 Å². The van der Waals surface area contributed by atoms with Crippen LogP contribution in [0.25, 0.3) is 11.0 Å². The maximum atomic E-state index is 12.1. The fraction of sp³-hybridized carbons (Fsp3) is 0.333. The summed E-state index contributed by atoms with van der Waals surface area (Å²) >= 11 is 0. The van der Waals surface area contributed by atoms with Gasteiger partial charge in [-0.25, -0.2) is 9.78 Å². The zero-order chi connectivity index (χ0) is 15.9. The molecule has 1 aromatic heterocycles. The van der Waals surface area contributed by atoms with Crippen molar-refractivity contribution in [2.75, 3.05) is 6.54 Å². The van der Waals surface area contributed by atoms with Gasteiger partial charge in [-0.3, -0.25) is 9.78 Å². The number of benzene rings is 1. The summed E-state index contributed by atoms with van der Waals surface area (Å²) in [4.78, 5) is 31.7. The molecular weight excluding hydrogens is 284 g/mol. The molecule has 0 bridgehead atoms. The second kappa shape index (κ2) is 7.46. The van der Waals surface area contributed by atoms with Gasteiger partial charge in [-0.2, -0.15) is 0 Å². The molecule has 2 rings (SSSR count). The first-order valence-corrected chi connectivity index (χ1v) is 7.07. The highest BCUT2D eigenvalue weighted by Crippen LogP contribution is 2.09. The number of nitrogens with one attached hydrogen (secondary N) is 1. The van der Waals surface area contributed by atoms with Crippen LogP contribution in [0.15, 0.2) is 30.5 Å². The number of carbonyl (C=O) groups is 2. The number of aliphatic carboxylic acids is 1. The number of aromatic nitrogens is 2. The van der Waals surface area contributed by atoms with Crippen molar-refractivity contribution in [1.82, 2.24) is 15.3 Å². The smallest absolute Gasteiger partial charge is 0.326 e. The highest BCUT2D eigenvalue weighted by atomic mass is 16.4. The van der Waals surface area contributed by atoms with Gasteiger partial charge >= 0.3 is 5.97 Å². The van der Waals surface area contributed by atoms with E-state index in [2.05, 4.69) is 15.3 Å². The lowest BCUT2D eigenvalue weighted by atomic mass is 10.1. The maximum absolute atomic E-state index is 12.1. The predicted octanol–water partition coefficient (Wildman–Crippen LogP) is 0.942. The van der Waals surface area contributed by atoms with Crippen molar-refractivity contribution in [1.29, 1.82) is 0 Å². The first-order valence-electron chi connectivity index (χ1n) is 7.07. The first kappa shape index (κ1) is 15.8. The molecule has 1 atom stereocenters. The molecule has 2 aromatic rings. The number of nitrogens with two attached hydrogens (primary N) is 1. The van der Waals surface area contributed by atoms with Crippen molar-refractivity contribution in [2.45, 2.75) is 25.3 Å². The Morgan fingerprint density at radius 2 is 1.95 bits per heavy atom. The van der Waals surface area contributed by atoms with E-state index in [0.717, 1.165) is 6.42 Å². The summed E-state index contributed by atoms with van der Waals surface area (Å²) in [7, 11) is 0. The molecule has 0 fully saturated rings. The number of hydrogen-bond acceptors (Lipinski definition) is 5. The number of amides is 1. The Bertz CT molecular complexity index is 675. The van der Waals surface area contributed by atoms with Crippen LogP contribution in [0.4, 0.5) is 0 Å². The predicted molar refractivity (Wildman–Crippen MR) is 81.3 cm³/mol. The molecule has 116 valence electrons. The van der Waals surface area contributed by atoms with Gasteiger partial charge in [0.25, 0.3) is 5.91 Å². The fourth-order valence-corrected chi connectivity index (χ4v) is 2.05. The molecule has 1 heterocycles. The zero-order valence-electron chi connectivity index (χ0n) is 12.0. The van der Waals surface area contributed by atoms with Gasteiger partial charge in [-0.15, -0.1) is 0 Å². The molecule has 0 radical (unpaired) electrons. The minimum absolute atomic E-state index is 0.101. The van der Waals surface area contributed by atoms with Crippen LogP contribution >= 0.6 is 0 Å². The highest BCUT2D eigenvalue weighted by Gasteiger charge is 2.21. The van der Waals surface area contributed by atoms with Gasteiger partial charge in [0.1, 0.15) is 11.7 Å². The summed E-state index contributed by atoms with van der Waals surface area (Å²) in [6.07, 6.45) is 3.03. The third-order valence-corrected chi connectivity index (χ3v) is 3.23. The van der Waals surface area contributed by atoms with Crippen molar-refractivity contribution >= 4 is 22.9 Å². The zero-order valence-corrected chi connectivity index (χ0v) is 12.0. The Labute approximate surface area is 127 Å². The van der Waals surface area contributed by atoms with Crippen LogP contribution in [-0.2, 0) is 4.79 Å². The SMILES string of the molecule is NCCCC[C@H](NC(=O)c1cnc2ccccc2n1)C(=O)O. The number of carboxylic acids is 1. The lowest BCUT2D eigenvalue weighted by molar-refractivity contribution is -0.139. The summed E-state index contributed by atoms with van der Waals surface area (Å²) in [5.74, 6) is -1.61. The lowest BCUT2D eigenvalue weighted by Crippen LogP contribution is -2.41. The van der Waals surface area contributed by atoms with E-state index < -0.39 is 17.9 Å². The molecule has 0 saturated heterocycles. The second-order valence-corrected chi connectivity index (χ2v) is 4.89. The van der Waals surface area contributed by atoms with Crippen molar-refractivity contribution in [3.05, 3.63) is 36.2 Å². The van der Waals surface area contributed by atoms with E-state index in [0.29, 0.717) is 30.4 Å². The van der Waals surface area contributed by atoms with E-state index in [4.69, 9.17) is 10.8 Å². The van der Waals surface area contributed by atoms with Gasteiger partial charge in [0.15, 0.2) is 0 Å². The van der Waals surface area contributed by atoms with E-state index in [1.165, 1.54) is 6.20 Å². The van der Waals surface area contributed by atoms with Gasteiger partial charge < -0.3 is 16.2 Å². The summed E-state index contributed by atoms with van der Waals surface area (Å²) in [5.41, 5.74) is 6.75. The molecule has 7 nitrogen and oxygen atoms in total. The molecule has 7 heteroatoms. The van der Waals surface area contributed by atoms with Crippen molar-refractivity contribution in [3.63, 3.8) is 0 Å². The van der Waals surface area contributed by atoms with Gasteiger partial charge in [-0.1, -0.05) is 12.1 Å². The number of rotatable bonds is 7. The number of para-hydroxylation sites is 2. The lowest BCUT2D eigenvalue weighted by Gasteiger charge is -2.14. The van der Waals surface area contributed by atoms with Crippen molar-refractivity contribution < 1.29 is 14.7 Å².